The zero-order valence-electron chi connectivity index (χ0n) is 7.29. The first-order valence-electron chi connectivity index (χ1n) is 3.86. The Balaban J connectivity index is 2.78. The van der Waals surface area contributed by atoms with Gasteiger partial charge in [0.25, 0.3) is 0 Å². The zero-order chi connectivity index (χ0) is 10.1. The summed E-state index contributed by atoms with van der Waals surface area (Å²) in [5.41, 5.74) is 0.695. The van der Waals surface area contributed by atoms with Crippen LogP contribution in [0.1, 0.15) is 0 Å². The highest BCUT2D eigenvalue weighted by atomic mass is 35.5. The monoisotopic (exact) mass is 228 g/mol. The quantitative estimate of drug-likeness (QED) is 0.753. The van der Waals surface area contributed by atoms with Crippen molar-refractivity contribution in [2.24, 2.45) is 0 Å². The summed E-state index contributed by atoms with van der Waals surface area (Å²) >= 11 is 11.8. The van der Waals surface area contributed by atoms with Crippen LogP contribution in [0.5, 0.6) is 5.88 Å². The first kappa shape index (κ1) is 9.49. The fourth-order valence-corrected chi connectivity index (χ4v) is 1.48. The lowest BCUT2D eigenvalue weighted by Gasteiger charge is -2.03. The average Bonchev–Trinajstić information content (AvgIpc) is 2.23. The van der Waals surface area contributed by atoms with Crippen molar-refractivity contribution < 1.29 is 4.74 Å². The summed E-state index contributed by atoms with van der Waals surface area (Å²) in [5, 5.41) is 1.64. The van der Waals surface area contributed by atoms with E-state index in [9.17, 15) is 0 Å². The molecule has 0 aliphatic carbocycles. The van der Waals surface area contributed by atoms with E-state index >= 15 is 0 Å². The third kappa shape index (κ3) is 1.49. The number of methoxy groups -OCH3 is 1. The van der Waals surface area contributed by atoms with Crippen LogP contribution in [0, 0.1) is 0 Å². The fourth-order valence-electron chi connectivity index (χ4n) is 1.13. The second-order valence-electron chi connectivity index (χ2n) is 2.66. The number of hydrogen-bond donors (Lipinski definition) is 0. The molecule has 0 saturated heterocycles. The van der Waals surface area contributed by atoms with E-state index in [2.05, 4.69) is 9.97 Å². The summed E-state index contributed by atoms with van der Waals surface area (Å²) in [6.07, 6.45) is 3.09. The maximum absolute atomic E-state index is 6.00. The Kier molecular flexibility index (Phi) is 2.44. The molecule has 0 fully saturated rings. The standard InChI is InChI=1S/C9H6Cl2N2O/c1-14-8-2-5-7(4-13-8)12-3-6(10)9(5)11/h2-4H,1H3. The van der Waals surface area contributed by atoms with Gasteiger partial charge in [-0.2, -0.15) is 0 Å². The van der Waals surface area contributed by atoms with Crippen molar-refractivity contribution >= 4 is 34.1 Å². The SMILES string of the molecule is COc1cc2c(Cl)c(Cl)cnc2cn1. The first-order chi connectivity index (χ1) is 6.72. The maximum Gasteiger partial charge on any atom is 0.213 e. The van der Waals surface area contributed by atoms with Gasteiger partial charge in [-0.3, -0.25) is 4.98 Å². The highest BCUT2D eigenvalue weighted by Gasteiger charge is 2.06. The number of ether oxygens (including phenoxy) is 1. The Morgan fingerprint density at radius 2 is 2.00 bits per heavy atom. The third-order valence-corrected chi connectivity index (χ3v) is 2.62. The van der Waals surface area contributed by atoms with Crippen LogP contribution in [-0.4, -0.2) is 17.1 Å². The molecule has 0 aliphatic rings. The van der Waals surface area contributed by atoms with Gasteiger partial charge in [0.05, 0.1) is 28.9 Å². The number of pyridine rings is 2. The molecule has 0 saturated carbocycles. The highest BCUT2D eigenvalue weighted by Crippen LogP contribution is 2.30. The molecule has 0 aliphatic heterocycles. The van der Waals surface area contributed by atoms with E-state index in [1.807, 2.05) is 0 Å². The Morgan fingerprint density at radius 3 is 2.71 bits per heavy atom. The predicted octanol–water partition coefficient (Wildman–Crippen LogP) is 2.95. The largest absolute Gasteiger partial charge is 0.481 e. The Bertz CT molecular complexity index is 487. The summed E-state index contributed by atoms with van der Waals surface area (Å²) in [7, 11) is 1.54. The summed E-state index contributed by atoms with van der Waals surface area (Å²) in [4.78, 5) is 8.09. The minimum atomic E-state index is 0.424. The van der Waals surface area contributed by atoms with Crippen LogP contribution in [0.25, 0.3) is 10.9 Å². The maximum atomic E-state index is 6.00. The lowest BCUT2D eigenvalue weighted by Crippen LogP contribution is -1.89. The normalized spacial score (nSPS) is 10.5. The number of fused-ring (bicyclic) bond motifs is 1. The van der Waals surface area contributed by atoms with Gasteiger partial charge in [0.1, 0.15) is 0 Å². The van der Waals surface area contributed by atoms with Crippen LogP contribution in [0.15, 0.2) is 18.5 Å². The molecule has 0 unspecified atom stereocenters. The van der Waals surface area contributed by atoms with E-state index in [4.69, 9.17) is 27.9 Å². The Labute approximate surface area is 90.6 Å². The lowest BCUT2D eigenvalue weighted by atomic mass is 10.2. The van der Waals surface area contributed by atoms with Crippen LogP contribution in [0.3, 0.4) is 0 Å². The lowest BCUT2D eigenvalue weighted by molar-refractivity contribution is 0.398. The van der Waals surface area contributed by atoms with Crippen molar-refractivity contribution in [2.75, 3.05) is 7.11 Å². The average molecular weight is 229 g/mol. The van der Waals surface area contributed by atoms with Gasteiger partial charge in [0.2, 0.25) is 5.88 Å². The summed E-state index contributed by atoms with van der Waals surface area (Å²) < 4.78 is 4.98. The molecular weight excluding hydrogens is 223 g/mol. The molecule has 72 valence electrons. The molecule has 2 heterocycles. The van der Waals surface area contributed by atoms with Crippen molar-refractivity contribution in [1.82, 2.24) is 9.97 Å². The molecule has 0 bridgehead atoms. The van der Waals surface area contributed by atoms with Crippen LogP contribution >= 0.6 is 23.2 Å². The van der Waals surface area contributed by atoms with Gasteiger partial charge in [-0.25, -0.2) is 4.98 Å². The van der Waals surface area contributed by atoms with Crippen molar-refractivity contribution in [3.63, 3.8) is 0 Å². The van der Waals surface area contributed by atoms with Crippen molar-refractivity contribution in [1.29, 1.82) is 0 Å². The molecule has 5 heteroatoms. The molecule has 0 amide bonds. The summed E-state index contributed by atoms with van der Waals surface area (Å²) in [5.74, 6) is 0.489. The highest BCUT2D eigenvalue weighted by molar-refractivity contribution is 6.45. The molecule has 0 radical (unpaired) electrons. The molecule has 0 aromatic carbocycles. The predicted molar refractivity (Wildman–Crippen MR) is 56.1 cm³/mol. The molecule has 0 N–H and O–H groups in total. The molecule has 14 heavy (non-hydrogen) atoms. The fraction of sp³-hybridized carbons (Fsp3) is 0.111. The van der Waals surface area contributed by atoms with Gasteiger partial charge >= 0.3 is 0 Å². The second kappa shape index (κ2) is 3.59. The van der Waals surface area contributed by atoms with E-state index < -0.39 is 0 Å². The van der Waals surface area contributed by atoms with E-state index in [0.717, 1.165) is 5.39 Å². The van der Waals surface area contributed by atoms with Gasteiger partial charge in [0, 0.05) is 17.6 Å². The van der Waals surface area contributed by atoms with Crippen LogP contribution in [-0.2, 0) is 0 Å². The topological polar surface area (TPSA) is 35.0 Å². The van der Waals surface area contributed by atoms with E-state index in [0.29, 0.717) is 21.4 Å². The van der Waals surface area contributed by atoms with Gasteiger partial charge in [-0.1, -0.05) is 23.2 Å². The van der Waals surface area contributed by atoms with Gasteiger partial charge in [-0.15, -0.1) is 0 Å². The first-order valence-corrected chi connectivity index (χ1v) is 4.61. The molecule has 3 nitrogen and oxygen atoms in total. The molecular formula is C9H6Cl2N2O. The van der Waals surface area contributed by atoms with Crippen LogP contribution in [0.4, 0.5) is 0 Å². The van der Waals surface area contributed by atoms with E-state index in [1.54, 1.807) is 19.4 Å². The number of nitrogens with zero attached hydrogens (tertiary/aromatic N) is 2. The van der Waals surface area contributed by atoms with Crippen molar-refractivity contribution in [3.05, 3.63) is 28.5 Å². The van der Waals surface area contributed by atoms with E-state index in [-0.39, 0.29) is 0 Å². The van der Waals surface area contributed by atoms with Crippen LogP contribution < -0.4 is 4.74 Å². The van der Waals surface area contributed by atoms with Gasteiger partial charge in [-0.05, 0) is 0 Å². The van der Waals surface area contributed by atoms with Gasteiger partial charge in [0.15, 0.2) is 0 Å². The Morgan fingerprint density at radius 1 is 1.21 bits per heavy atom. The smallest absolute Gasteiger partial charge is 0.213 e. The minimum absolute atomic E-state index is 0.424. The number of aromatic nitrogens is 2. The number of halogens is 2. The molecule has 2 rings (SSSR count). The third-order valence-electron chi connectivity index (χ3n) is 1.83. The van der Waals surface area contributed by atoms with Crippen LogP contribution in [0.2, 0.25) is 10.0 Å². The summed E-state index contributed by atoms with van der Waals surface area (Å²) in [6, 6.07) is 1.70. The van der Waals surface area contributed by atoms with Crippen molar-refractivity contribution in [2.45, 2.75) is 0 Å². The summed E-state index contributed by atoms with van der Waals surface area (Å²) in [6.45, 7) is 0. The molecule has 0 atom stereocenters. The minimum Gasteiger partial charge on any atom is -0.481 e. The Hall–Kier alpha value is -1.06. The van der Waals surface area contributed by atoms with E-state index in [1.165, 1.54) is 6.20 Å². The molecule has 2 aromatic rings. The second-order valence-corrected chi connectivity index (χ2v) is 3.45. The zero-order valence-corrected chi connectivity index (χ0v) is 8.80. The number of hydrogen-bond acceptors (Lipinski definition) is 3. The molecule has 0 spiro atoms. The molecule has 2 aromatic heterocycles. The number of rotatable bonds is 1. The van der Waals surface area contributed by atoms with Crippen molar-refractivity contribution in [3.8, 4) is 5.88 Å². The van der Waals surface area contributed by atoms with Gasteiger partial charge < -0.3 is 4.74 Å².